The van der Waals surface area contributed by atoms with Gasteiger partial charge in [-0.2, -0.15) is 0 Å². The summed E-state index contributed by atoms with van der Waals surface area (Å²) in [5.41, 5.74) is 6.13. The van der Waals surface area contributed by atoms with E-state index in [1.807, 2.05) is 0 Å². The van der Waals surface area contributed by atoms with Crippen LogP contribution >= 0.6 is 0 Å². The van der Waals surface area contributed by atoms with Crippen LogP contribution in [0.2, 0.25) is 0 Å². The average Bonchev–Trinajstić information content (AvgIpc) is 3.14. The summed E-state index contributed by atoms with van der Waals surface area (Å²) in [6.07, 6.45) is 0.901. The maximum atomic E-state index is 10.2. The van der Waals surface area contributed by atoms with Crippen LogP contribution in [0, 0.1) is 11.8 Å². The Morgan fingerprint density at radius 2 is 2.07 bits per heavy atom. The van der Waals surface area contributed by atoms with Crippen molar-refractivity contribution in [3.8, 4) is 11.8 Å². The molecule has 1 saturated carbocycles. The van der Waals surface area contributed by atoms with E-state index in [1.54, 1.807) is 0 Å². The molecule has 0 spiro atoms. The zero-order valence-corrected chi connectivity index (χ0v) is 15.2. The van der Waals surface area contributed by atoms with Crippen LogP contribution in [0.1, 0.15) is 44.2 Å². The highest BCUT2D eigenvalue weighted by Gasteiger charge is 2.44. The molecule has 0 unspecified atom stereocenters. The van der Waals surface area contributed by atoms with Crippen molar-refractivity contribution in [2.45, 2.75) is 62.2 Å². The monoisotopic (exact) mass is 389 g/mol. The Morgan fingerprint density at radius 1 is 1.29 bits per heavy atom. The number of nitrogen functional groups attached to an aromatic ring is 1. The van der Waals surface area contributed by atoms with Gasteiger partial charge in [-0.1, -0.05) is 5.92 Å². The van der Waals surface area contributed by atoms with E-state index >= 15 is 0 Å². The van der Waals surface area contributed by atoms with Crippen LogP contribution in [-0.4, -0.2) is 70.5 Å². The van der Waals surface area contributed by atoms with Crippen molar-refractivity contribution < 1.29 is 25.2 Å². The molecule has 150 valence electrons. The van der Waals surface area contributed by atoms with E-state index in [9.17, 15) is 20.4 Å². The molecule has 2 aromatic heterocycles. The Kier molecular flexibility index (Phi) is 4.95. The van der Waals surface area contributed by atoms with Gasteiger partial charge in [-0.05, 0) is 31.6 Å². The fourth-order valence-electron chi connectivity index (χ4n) is 3.33. The first-order valence-corrected chi connectivity index (χ1v) is 9.26. The van der Waals surface area contributed by atoms with E-state index in [-0.39, 0.29) is 11.6 Å². The van der Waals surface area contributed by atoms with Gasteiger partial charge >= 0.3 is 0 Å². The van der Waals surface area contributed by atoms with Gasteiger partial charge in [0, 0.05) is 6.42 Å². The van der Waals surface area contributed by atoms with Crippen molar-refractivity contribution in [1.29, 1.82) is 0 Å². The third-order valence-electron chi connectivity index (χ3n) is 5.21. The number of anilines is 1. The SMILES string of the molecule is Nc1nc(C#CCCCC2(O)CC2)nc2c1ncn2[C@@H]1O[C@H](CO)[C@@H](O)[C@H]1O. The van der Waals surface area contributed by atoms with Gasteiger partial charge in [-0.15, -0.1) is 0 Å². The summed E-state index contributed by atoms with van der Waals surface area (Å²) in [5.74, 6) is 6.20. The second kappa shape index (κ2) is 7.27. The van der Waals surface area contributed by atoms with Crippen molar-refractivity contribution >= 4 is 17.0 Å². The number of imidazole rings is 1. The number of hydrogen-bond donors (Lipinski definition) is 5. The molecule has 0 aromatic carbocycles. The molecule has 4 rings (SSSR count). The normalized spacial score (nSPS) is 28.3. The lowest BCUT2D eigenvalue weighted by Crippen LogP contribution is -2.33. The van der Waals surface area contributed by atoms with E-state index in [1.165, 1.54) is 10.9 Å². The van der Waals surface area contributed by atoms with Crippen molar-refractivity contribution in [3.63, 3.8) is 0 Å². The largest absolute Gasteiger partial charge is 0.394 e. The average molecular weight is 389 g/mol. The predicted octanol–water partition coefficient (Wildman–Crippen LogP) is -0.933. The van der Waals surface area contributed by atoms with Crippen LogP contribution in [0.5, 0.6) is 0 Å². The molecule has 2 aliphatic rings. The first-order chi connectivity index (χ1) is 13.4. The molecule has 28 heavy (non-hydrogen) atoms. The van der Waals surface area contributed by atoms with E-state index in [0.29, 0.717) is 17.6 Å². The minimum Gasteiger partial charge on any atom is -0.394 e. The lowest BCUT2D eigenvalue weighted by molar-refractivity contribution is -0.0511. The standard InChI is InChI=1S/C18H23N5O5/c19-15-12-16(22-11(21-15)4-2-1-3-5-18(27)6-7-18)23(9-20-12)17-14(26)13(25)10(8-24)28-17/h9-10,13-14,17,24-27H,1,3,5-8H2,(H2,19,21,22)/t10-,13-,14-,17-/m1/s1. The minimum absolute atomic E-state index is 0.145. The molecular formula is C18H23N5O5. The van der Waals surface area contributed by atoms with Crippen LogP contribution in [-0.2, 0) is 4.74 Å². The number of hydrogen-bond acceptors (Lipinski definition) is 9. The number of aliphatic hydroxyl groups excluding tert-OH is 3. The Morgan fingerprint density at radius 3 is 2.75 bits per heavy atom. The second-order valence-corrected chi connectivity index (χ2v) is 7.37. The van der Waals surface area contributed by atoms with Crippen molar-refractivity contribution in [2.24, 2.45) is 0 Å². The smallest absolute Gasteiger partial charge is 0.208 e. The molecular weight excluding hydrogens is 366 g/mol. The summed E-state index contributed by atoms with van der Waals surface area (Å²) < 4.78 is 6.98. The van der Waals surface area contributed by atoms with E-state index < -0.39 is 36.7 Å². The number of nitrogens with two attached hydrogens (primary N) is 1. The molecule has 1 saturated heterocycles. The van der Waals surface area contributed by atoms with E-state index in [0.717, 1.165) is 25.7 Å². The van der Waals surface area contributed by atoms with Crippen LogP contribution in [0.15, 0.2) is 6.33 Å². The molecule has 4 atom stereocenters. The summed E-state index contributed by atoms with van der Waals surface area (Å²) in [6, 6.07) is 0. The minimum atomic E-state index is -1.26. The zero-order chi connectivity index (χ0) is 19.9. The van der Waals surface area contributed by atoms with Gasteiger partial charge in [0.25, 0.3) is 0 Å². The van der Waals surface area contributed by atoms with Crippen molar-refractivity contribution in [3.05, 3.63) is 12.2 Å². The van der Waals surface area contributed by atoms with Crippen LogP contribution < -0.4 is 5.73 Å². The van der Waals surface area contributed by atoms with Gasteiger partial charge in [0.05, 0.1) is 18.5 Å². The molecule has 1 aliphatic heterocycles. The highest BCUT2D eigenvalue weighted by molar-refractivity contribution is 5.82. The molecule has 1 aliphatic carbocycles. The van der Waals surface area contributed by atoms with Gasteiger partial charge in [0.2, 0.25) is 5.82 Å². The fraction of sp³-hybridized carbons (Fsp3) is 0.611. The van der Waals surface area contributed by atoms with Gasteiger partial charge in [0.15, 0.2) is 17.7 Å². The van der Waals surface area contributed by atoms with Gasteiger partial charge in [0.1, 0.15) is 23.8 Å². The highest BCUT2D eigenvalue weighted by atomic mass is 16.6. The number of aromatic nitrogens is 4. The van der Waals surface area contributed by atoms with E-state index in [4.69, 9.17) is 10.5 Å². The fourth-order valence-corrected chi connectivity index (χ4v) is 3.33. The number of rotatable bonds is 5. The maximum absolute atomic E-state index is 10.2. The predicted molar refractivity (Wildman–Crippen MR) is 97.7 cm³/mol. The molecule has 10 heteroatoms. The summed E-state index contributed by atoms with van der Waals surface area (Å²) in [5, 5.41) is 39.3. The van der Waals surface area contributed by atoms with Crippen molar-refractivity contribution in [1.82, 2.24) is 19.5 Å². The Labute approximate surface area is 161 Å². The Bertz CT molecular complexity index is 932. The number of ether oxygens (including phenoxy) is 1. The highest BCUT2D eigenvalue weighted by Crippen LogP contribution is 2.39. The molecule has 3 heterocycles. The Balaban J connectivity index is 1.55. The molecule has 2 aromatic rings. The second-order valence-electron chi connectivity index (χ2n) is 7.37. The maximum Gasteiger partial charge on any atom is 0.208 e. The Hall–Kier alpha value is -2.29. The van der Waals surface area contributed by atoms with Gasteiger partial charge < -0.3 is 30.9 Å². The number of aliphatic hydroxyl groups is 4. The topological polar surface area (TPSA) is 160 Å². The summed E-state index contributed by atoms with van der Waals surface area (Å²) in [6.45, 7) is -0.426. The van der Waals surface area contributed by atoms with Gasteiger partial charge in [-0.25, -0.2) is 15.0 Å². The number of fused-ring (bicyclic) bond motifs is 1. The van der Waals surface area contributed by atoms with Crippen LogP contribution in [0.25, 0.3) is 11.2 Å². The number of nitrogens with zero attached hydrogens (tertiary/aromatic N) is 4. The molecule has 6 N–H and O–H groups in total. The van der Waals surface area contributed by atoms with Gasteiger partial charge in [-0.3, -0.25) is 4.57 Å². The van der Waals surface area contributed by atoms with Crippen molar-refractivity contribution in [2.75, 3.05) is 12.3 Å². The molecule has 0 bridgehead atoms. The molecule has 0 amide bonds. The lowest BCUT2D eigenvalue weighted by Gasteiger charge is -2.16. The molecule has 10 nitrogen and oxygen atoms in total. The summed E-state index contributed by atoms with van der Waals surface area (Å²) in [7, 11) is 0. The van der Waals surface area contributed by atoms with Crippen LogP contribution in [0.4, 0.5) is 5.82 Å². The third-order valence-corrected chi connectivity index (χ3v) is 5.21. The first kappa shape index (κ1) is 19.0. The lowest BCUT2D eigenvalue weighted by atomic mass is 10.1. The summed E-state index contributed by atoms with van der Waals surface area (Å²) in [4.78, 5) is 12.7. The zero-order valence-electron chi connectivity index (χ0n) is 15.2. The third kappa shape index (κ3) is 3.55. The molecule has 0 radical (unpaired) electrons. The number of unbranched alkanes of at least 4 members (excludes halogenated alkanes) is 1. The van der Waals surface area contributed by atoms with E-state index in [2.05, 4.69) is 26.8 Å². The summed E-state index contributed by atoms with van der Waals surface area (Å²) >= 11 is 0. The first-order valence-electron chi connectivity index (χ1n) is 9.26. The quantitative estimate of drug-likeness (QED) is 0.321. The molecule has 2 fully saturated rings. The van der Waals surface area contributed by atoms with Crippen LogP contribution in [0.3, 0.4) is 0 Å².